The summed E-state index contributed by atoms with van der Waals surface area (Å²) < 4.78 is 5.10. The number of nitrogen functional groups attached to an aromatic ring is 1. The Kier molecular flexibility index (Phi) is 2.95. The molecule has 2 aromatic heterocycles. The van der Waals surface area contributed by atoms with Gasteiger partial charge in [0, 0.05) is 11.6 Å². The van der Waals surface area contributed by atoms with Crippen LogP contribution < -0.4 is 11.1 Å². The molecule has 6 nitrogen and oxygen atoms in total. The van der Waals surface area contributed by atoms with Crippen molar-refractivity contribution < 1.29 is 4.52 Å². The molecule has 0 aromatic carbocycles. The van der Waals surface area contributed by atoms with Gasteiger partial charge in [0.2, 0.25) is 0 Å². The monoisotopic (exact) mass is 233 g/mol. The van der Waals surface area contributed by atoms with Crippen LogP contribution in [0, 0.1) is 20.8 Å². The van der Waals surface area contributed by atoms with E-state index in [4.69, 9.17) is 10.3 Å². The first-order valence-electron chi connectivity index (χ1n) is 5.33. The Morgan fingerprint density at radius 1 is 1.29 bits per heavy atom. The molecule has 0 aliphatic carbocycles. The summed E-state index contributed by atoms with van der Waals surface area (Å²) in [5, 5.41) is 6.97. The summed E-state index contributed by atoms with van der Waals surface area (Å²) in [6.45, 7) is 6.09. The van der Waals surface area contributed by atoms with Crippen LogP contribution >= 0.6 is 0 Å². The second kappa shape index (κ2) is 4.40. The topological polar surface area (TPSA) is 89.9 Å². The zero-order valence-corrected chi connectivity index (χ0v) is 10.1. The predicted molar refractivity (Wildman–Crippen MR) is 64.5 cm³/mol. The highest BCUT2D eigenvalue weighted by atomic mass is 16.5. The maximum Gasteiger partial charge on any atom is 0.156 e. The summed E-state index contributed by atoms with van der Waals surface area (Å²) in [5.74, 6) is 2.62. The van der Waals surface area contributed by atoms with Crippen LogP contribution in [0.2, 0.25) is 0 Å². The van der Waals surface area contributed by atoms with Gasteiger partial charge in [-0.05, 0) is 20.8 Å². The lowest BCUT2D eigenvalue weighted by Gasteiger charge is -2.09. The third-order valence-corrected chi connectivity index (χ3v) is 2.40. The van der Waals surface area contributed by atoms with Gasteiger partial charge in [-0.3, -0.25) is 0 Å². The van der Waals surface area contributed by atoms with Crippen LogP contribution in [-0.4, -0.2) is 15.1 Å². The summed E-state index contributed by atoms with van der Waals surface area (Å²) in [6.07, 6.45) is 0. The second-order valence-electron chi connectivity index (χ2n) is 3.92. The summed E-state index contributed by atoms with van der Waals surface area (Å²) >= 11 is 0. The van der Waals surface area contributed by atoms with Crippen molar-refractivity contribution in [3.05, 3.63) is 28.9 Å². The first-order valence-corrected chi connectivity index (χ1v) is 5.33. The van der Waals surface area contributed by atoms with Gasteiger partial charge in [-0.15, -0.1) is 0 Å². The van der Waals surface area contributed by atoms with Gasteiger partial charge in [-0.2, -0.15) is 0 Å². The number of aromatic nitrogens is 3. The number of anilines is 2. The molecule has 0 aliphatic rings. The van der Waals surface area contributed by atoms with Crippen molar-refractivity contribution in [2.45, 2.75) is 27.3 Å². The largest absolute Gasteiger partial charge is 0.383 e. The molecule has 2 aromatic rings. The number of nitrogens with one attached hydrogen (secondary N) is 1. The maximum atomic E-state index is 5.77. The molecular weight excluding hydrogens is 218 g/mol. The molecule has 90 valence electrons. The van der Waals surface area contributed by atoms with E-state index in [0.29, 0.717) is 18.2 Å². The van der Waals surface area contributed by atoms with Crippen molar-refractivity contribution in [3.63, 3.8) is 0 Å². The Bertz CT molecular complexity index is 535. The van der Waals surface area contributed by atoms with Crippen molar-refractivity contribution >= 4 is 11.6 Å². The predicted octanol–water partition coefficient (Wildman–Crippen LogP) is 1.58. The van der Waals surface area contributed by atoms with Gasteiger partial charge >= 0.3 is 0 Å². The zero-order valence-electron chi connectivity index (χ0n) is 10.1. The third-order valence-electron chi connectivity index (χ3n) is 2.40. The molecule has 0 unspecified atom stereocenters. The number of hydrogen-bond acceptors (Lipinski definition) is 6. The van der Waals surface area contributed by atoms with E-state index in [-0.39, 0.29) is 0 Å². The fourth-order valence-corrected chi connectivity index (χ4v) is 1.49. The van der Waals surface area contributed by atoms with Gasteiger partial charge in [-0.1, -0.05) is 5.16 Å². The van der Waals surface area contributed by atoms with E-state index in [0.717, 1.165) is 22.8 Å². The highest BCUT2D eigenvalue weighted by Gasteiger charge is 2.07. The number of nitrogens with zero attached hydrogens (tertiary/aromatic N) is 3. The van der Waals surface area contributed by atoms with Crippen LogP contribution in [0.3, 0.4) is 0 Å². The van der Waals surface area contributed by atoms with Gasteiger partial charge in [0.05, 0.1) is 12.2 Å². The normalized spacial score (nSPS) is 10.5. The SMILES string of the molecule is Cc1cc(CNc2nc(C)nc(N)c2C)on1. The van der Waals surface area contributed by atoms with Crippen LogP contribution in [0.25, 0.3) is 0 Å². The van der Waals surface area contributed by atoms with Crippen LogP contribution in [0.4, 0.5) is 11.6 Å². The first kappa shape index (κ1) is 11.4. The van der Waals surface area contributed by atoms with Crippen molar-refractivity contribution in [1.82, 2.24) is 15.1 Å². The molecule has 0 spiro atoms. The van der Waals surface area contributed by atoms with Crippen LogP contribution in [0.1, 0.15) is 22.8 Å². The molecule has 0 fully saturated rings. The van der Waals surface area contributed by atoms with Gasteiger partial charge in [0.15, 0.2) is 5.76 Å². The molecular formula is C11H15N5O. The summed E-state index contributed by atoms with van der Waals surface area (Å²) in [5.41, 5.74) is 7.47. The second-order valence-corrected chi connectivity index (χ2v) is 3.92. The fourth-order valence-electron chi connectivity index (χ4n) is 1.49. The third kappa shape index (κ3) is 2.52. The van der Waals surface area contributed by atoms with Gasteiger partial charge < -0.3 is 15.6 Å². The van der Waals surface area contributed by atoms with Crippen molar-refractivity contribution in [2.24, 2.45) is 0 Å². The van der Waals surface area contributed by atoms with Crippen LogP contribution in [0.15, 0.2) is 10.6 Å². The molecule has 3 N–H and O–H groups in total. The Balaban J connectivity index is 2.14. The minimum Gasteiger partial charge on any atom is -0.383 e. The summed E-state index contributed by atoms with van der Waals surface area (Å²) in [7, 11) is 0. The number of aryl methyl sites for hydroxylation is 2. The van der Waals surface area contributed by atoms with Gasteiger partial charge in [-0.25, -0.2) is 9.97 Å². The van der Waals surface area contributed by atoms with Crippen molar-refractivity contribution in [3.8, 4) is 0 Å². The van der Waals surface area contributed by atoms with E-state index in [9.17, 15) is 0 Å². The Morgan fingerprint density at radius 3 is 2.71 bits per heavy atom. The number of rotatable bonds is 3. The zero-order chi connectivity index (χ0) is 12.4. The standard InChI is InChI=1S/C11H15N5O/c1-6-4-9(17-16-6)5-13-11-7(2)10(12)14-8(3)15-11/h4H,5H2,1-3H3,(H3,12,13,14,15). The summed E-state index contributed by atoms with van der Waals surface area (Å²) in [6, 6.07) is 1.87. The lowest BCUT2D eigenvalue weighted by molar-refractivity contribution is 0.384. The Hall–Kier alpha value is -2.11. The van der Waals surface area contributed by atoms with E-state index in [1.54, 1.807) is 6.92 Å². The smallest absolute Gasteiger partial charge is 0.156 e. The van der Waals surface area contributed by atoms with Crippen molar-refractivity contribution in [1.29, 1.82) is 0 Å². The number of hydrogen-bond donors (Lipinski definition) is 2. The molecule has 0 bridgehead atoms. The molecule has 6 heteroatoms. The fraction of sp³-hybridized carbons (Fsp3) is 0.364. The van der Waals surface area contributed by atoms with E-state index in [1.165, 1.54) is 0 Å². The molecule has 0 radical (unpaired) electrons. The highest BCUT2D eigenvalue weighted by Crippen LogP contribution is 2.17. The van der Waals surface area contributed by atoms with Gasteiger partial charge in [0.25, 0.3) is 0 Å². The van der Waals surface area contributed by atoms with Crippen molar-refractivity contribution in [2.75, 3.05) is 11.1 Å². The van der Waals surface area contributed by atoms with Crippen LogP contribution in [-0.2, 0) is 6.54 Å². The Morgan fingerprint density at radius 2 is 2.06 bits per heavy atom. The highest BCUT2D eigenvalue weighted by molar-refractivity contribution is 5.54. The minimum atomic E-state index is 0.494. The maximum absolute atomic E-state index is 5.77. The molecule has 0 aliphatic heterocycles. The Labute approximate surface area is 99.2 Å². The lowest BCUT2D eigenvalue weighted by Crippen LogP contribution is -2.07. The number of nitrogens with two attached hydrogens (primary N) is 1. The molecule has 0 saturated heterocycles. The van der Waals surface area contributed by atoms with E-state index >= 15 is 0 Å². The summed E-state index contributed by atoms with van der Waals surface area (Å²) in [4.78, 5) is 8.37. The molecule has 0 saturated carbocycles. The minimum absolute atomic E-state index is 0.494. The molecule has 0 atom stereocenters. The lowest BCUT2D eigenvalue weighted by atomic mass is 10.3. The van der Waals surface area contributed by atoms with E-state index in [2.05, 4.69) is 20.4 Å². The average molecular weight is 233 g/mol. The first-order chi connectivity index (χ1) is 8.06. The quantitative estimate of drug-likeness (QED) is 0.836. The molecule has 17 heavy (non-hydrogen) atoms. The van der Waals surface area contributed by atoms with E-state index in [1.807, 2.05) is 19.9 Å². The molecule has 2 rings (SSSR count). The molecule has 2 heterocycles. The van der Waals surface area contributed by atoms with E-state index < -0.39 is 0 Å². The molecule has 0 amide bonds. The van der Waals surface area contributed by atoms with Gasteiger partial charge in [0.1, 0.15) is 17.5 Å². The average Bonchev–Trinajstić information content (AvgIpc) is 2.67. The van der Waals surface area contributed by atoms with Crippen LogP contribution in [0.5, 0.6) is 0 Å².